The van der Waals surface area contributed by atoms with Gasteiger partial charge in [-0.3, -0.25) is 14.6 Å². The average molecular weight is 595 g/mol. The molecule has 10 nitrogen and oxygen atoms in total. The molecule has 0 radical (unpaired) electrons. The molecule has 0 bridgehead atoms. The van der Waals surface area contributed by atoms with Crippen molar-refractivity contribution < 1.29 is 28.6 Å². The Hall–Kier alpha value is -3.79. The summed E-state index contributed by atoms with van der Waals surface area (Å²) in [4.78, 5) is 41.8. The summed E-state index contributed by atoms with van der Waals surface area (Å²) in [6.07, 6.45) is 1.59. The van der Waals surface area contributed by atoms with Crippen molar-refractivity contribution in [3.8, 4) is 11.5 Å². The lowest BCUT2D eigenvalue weighted by atomic mass is 9.80. The van der Waals surface area contributed by atoms with Crippen LogP contribution < -0.4 is 20.2 Å². The molecule has 43 heavy (non-hydrogen) atoms. The van der Waals surface area contributed by atoms with Gasteiger partial charge in [-0.05, 0) is 63.3 Å². The summed E-state index contributed by atoms with van der Waals surface area (Å²) in [6.45, 7) is 10.3. The Labute approximate surface area is 255 Å². The van der Waals surface area contributed by atoms with Crippen molar-refractivity contribution in [3.63, 3.8) is 0 Å². The number of carbonyl (C=O) groups is 3. The number of alkyl carbamates (subject to hydrolysis) is 1. The van der Waals surface area contributed by atoms with E-state index in [9.17, 15) is 14.4 Å². The van der Waals surface area contributed by atoms with Crippen LogP contribution in [0.5, 0.6) is 11.5 Å². The first-order chi connectivity index (χ1) is 20.3. The van der Waals surface area contributed by atoms with E-state index < -0.39 is 23.2 Å². The van der Waals surface area contributed by atoms with Crippen LogP contribution in [0.4, 0.5) is 4.79 Å². The van der Waals surface area contributed by atoms with Crippen LogP contribution >= 0.6 is 0 Å². The SMILES string of the molecule is COc1ccc(C2CC(C)(C)C(=O)N(C3CCN(C(=O)[C@H](Cc4ccccc4)NC(=O)OC(C)(C)C)CC3)N2)cc1OC. The number of amides is 3. The van der Waals surface area contributed by atoms with Gasteiger partial charge in [-0.25, -0.2) is 10.2 Å². The van der Waals surface area contributed by atoms with E-state index in [0.29, 0.717) is 50.3 Å². The average Bonchev–Trinajstić information content (AvgIpc) is 2.97. The van der Waals surface area contributed by atoms with Crippen molar-refractivity contribution in [1.29, 1.82) is 0 Å². The summed E-state index contributed by atoms with van der Waals surface area (Å²) >= 11 is 0. The highest BCUT2D eigenvalue weighted by atomic mass is 16.6. The summed E-state index contributed by atoms with van der Waals surface area (Å²) in [5.74, 6) is 1.18. The van der Waals surface area contributed by atoms with E-state index in [-0.39, 0.29) is 23.9 Å². The number of carbonyl (C=O) groups excluding carboxylic acids is 3. The highest BCUT2D eigenvalue weighted by Gasteiger charge is 2.44. The second-order valence-electron chi connectivity index (χ2n) is 13.0. The van der Waals surface area contributed by atoms with Gasteiger partial charge in [0.25, 0.3) is 0 Å². The van der Waals surface area contributed by atoms with Gasteiger partial charge < -0.3 is 24.4 Å². The van der Waals surface area contributed by atoms with Crippen molar-refractivity contribution in [2.24, 2.45) is 5.41 Å². The lowest BCUT2D eigenvalue weighted by Gasteiger charge is -2.48. The third-order valence-corrected chi connectivity index (χ3v) is 8.03. The first kappa shape index (κ1) is 32.1. The van der Waals surface area contributed by atoms with Crippen LogP contribution in [-0.4, -0.2) is 72.8 Å². The van der Waals surface area contributed by atoms with Crippen LogP contribution in [0, 0.1) is 5.41 Å². The Kier molecular flexibility index (Phi) is 9.89. The Balaban J connectivity index is 1.45. The minimum absolute atomic E-state index is 0.0440. The summed E-state index contributed by atoms with van der Waals surface area (Å²) in [5.41, 5.74) is 4.19. The maximum absolute atomic E-state index is 13.7. The van der Waals surface area contributed by atoms with Crippen LogP contribution in [0.15, 0.2) is 48.5 Å². The first-order valence-electron chi connectivity index (χ1n) is 15.0. The summed E-state index contributed by atoms with van der Waals surface area (Å²) < 4.78 is 16.4. The second kappa shape index (κ2) is 13.2. The van der Waals surface area contributed by atoms with Crippen LogP contribution in [-0.2, 0) is 20.7 Å². The molecule has 2 aliphatic rings. The fourth-order valence-electron chi connectivity index (χ4n) is 5.79. The predicted octanol–water partition coefficient (Wildman–Crippen LogP) is 4.64. The number of hydrogen-bond acceptors (Lipinski definition) is 7. The molecule has 2 aromatic rings. The van der Waals surface area contributed by atoms with E-state index in [1.54, 1.807) is 44.9 Å². The normalized spacial score (nSPS) is 19.9. The van der Waals surface area contributed by atoms with Gasteiger partial charge in [-0.15, -0.1) is 0 Å². The van der Waals surface area contributed by atoms with Gasteiger partial charge in [0.05, 0.1) is 26.3 Å². The van der Waals surface area contributed by atoms with Gasteiger partial charge in [0.1, 0.15) is 11.6 Å². The van der Waals surface area contributed by atoms with E-state index in [2.05, 4.69) is 10.7 Å². The van der Waals surface area contributed by atoms with E-state index in [0.717, 1.165) is 11.1 Å². The number of methoxy groups -OCH3 is 2. The summed E-state index contributed by atoms with van der Waals surface area (Å²) in [6, 6.07) is 14.5. The predicted molar refractivity (Wildman–Crippen MR) is 164 cm³/mol. The van der Waals surface area contributed by atoms with Crippen LogP contribution in [0.2, 0.25) is 0 Å². The molecule has 10 heteroatoms. The Morgan fingerprint density at radius 3 is 2.28 bits per heavy atom. The minimum atomic E-state index is -0.767. The van der Waals surface area contributed by atoms with Gasteiger partial charge in [0.2, 0.25) is 11.8 Å². The summed E-state index contributed by atoms with van der Waals surface area (Å²) in [7, 11) is 3.21. The number of rotatable bonds is 8. The van der Waals surface area contributed by atoms with Crippen LogP contribution in [0.1, 0.15) is 71.0 Å². The monoisotopic (exact) mass is 594 g/mol. The third kappa shape index (κ3) is 7.98. The van der Waals surface area contributed by atoms with Crippen molar-refractivity contribution >= 4 is 17.9 Å². The molecule has 2 N–H and O–H groups in total. The molecule has 0 aromatic heterocycles. The molecule has 0 spiro atoms. The molecule has 4 rings (SSSR count). The Morgan fingerprint density at radius 1 is 1.02 bits per heavy atom. The number of piperidine rings is 1. The number of benzene rings is 2. The number of nitrogens with one attached hydrogen (secondary N) is 2. The van der Waals surface area contributed by atoms with Crippen molar-refractivity contribution in [3.05, 3.63) is 59.7 Å². The molecule has 0 saturated carbocycles. The fourth-order valence-corrected chi connectivity index (χ4v) is 5.79. The summed E-state index contributed by atoms with van der Waals surface area (Å²) in [5, 5.41) is 4.59. The third-order valence-electron chi connectivity index (χ3n) is 8.03. The van der Waals surface area contributed by atoms with Crippen molar-refractivity contribution in [1.82, 2.24) is 20.7 Å². The Bertz CT molecular complexity index is 1280. The molecular formula is C33H46N4O6. The number of likely N-dealkylation sites (tertiary alicyclic amines) is 1. The minimum Gasteiger partial charge on any atom is -0.493 e. The standard InChI is InChI=1S/C33H46N4O6/c1-32(2,3)43-31(40)34-25(19-22-11-9-8-10-12-22)29(38)36-17-15-24(16-18-36)37-30(39)33(4,5)21-26(35-37)23-13-14-27(41-6)28(20-23)42-7/h8-14,20,24-26,35H,15-19,21H2,1-7H3,(H,34,40)/t25-,26?/m0/s1. The highest BCUT2D eigenvalue weighted by molar-refractivity contribution is 5.86. The zero-order valence-electron chi connectivity index (χ0n) is 26.4. The van der Waals surface area contributed by atoms with Crippen LogP contribution in [0.25, 0.3) is 0 Å². The largest absolute Gasteiger partial charge is 0.493 e. The van der Waals surface area contributed by atoms with Gasteiger partial charge >= 0.3 is 6.09 Å². The Morgan fingerprint density at radius 2 is 1.67 bits per heavy atom. The smallest absolute Gasteiger partial charge is 0.408 e. The van der Waals surface area contributed by atoms with E-state index in [1.165, 1.54) is 0 Å². The molecule has 3 amide bonds. The molecule has 2 aromatic carbocycles. The molecule has 1 unspecified atom stereocenters. The number of hydrogen-bond donors (Lipinski definition) is 2. The molecule has 2 aliphatic heterocycles. The lowest BCUT2D eigenvalue weighted by molar-refractivity contribution is -0.157. The highest BCUT2D eigenvalue weighted by Crippen LogP contribution is 2.40. The maximum atomic E-state index is 13.7. The fraction of sp³-hybridized carbons (Fsp3) is 0.545. The molecule has 2 atom stereocenters. The van der Waals surface area contributed by atoms with E-state index >= 15 is 0 Å². The second-order valence-corrected chi connectivity index (χ2v) is 13.0. The topological polar surface area (TPSA) is 109 Å². The zero-order valence-corrected chi connectivity index (χ0v) is 26.4. The van der Waals surface area contributed by atoms with Gasteiger partial charge in [0, 0.05) is 24.9 Å². The molecular weight excluding hydrogens is 548 g/mol. The molecule has 2 saturated heterocycles. The van der Waals surface area contributed by atoms with Crippen molar-refractivity contribution in [2.75, 3.05) is 27.3 Å². The number of nitrogens with zero attached hydrogens (tertiary/aromatic N) is 2. The van der Waals surface area contributed by atoms with Gasteiger partial charge in [-0.1, -0.05) is 50.2 Å². The van der Waals surface area contributed by atoms with Gasteiger partial charge in [-0.2, -0.15) is 0 Å². The number of hydrazine groups is 1. The van der Waals surface area contributed by atoms with Crippen LogP contribution in [0.3, 0.4) is 0 Å². The zero-order chi connectivity index (χ0) is 31.4. The lowest BCUT2D eigenvalue weighted by Crippen LogP contribution is -2.62. The first-order valence-corrected chi connectivity index (χ1v) is 15.0. The van der Waals surface area contributed by atoms with E-state index in [4.69, 9.17) is 14.2 Å². The maximum Gasteiger partial charge on any atom is 0.408 e. The van der Waals surface area contributed by atoms with Gasteiger partial charge in [0.15, 0.2) is 11.5 Å². The number of ether oxygens (including phenoxy) is 3. The molecule has 234 valence electrons. The quantitative estimate of drug-likeness (QED) is 0.459. The molecule has 0 aliphatic carbocycles. The van der Waals surface area contributed by atoms with Crippen molar-refractivity contribution in [2.45, 2.75) is 84.0 Å². The van der Waals surface area contributed by atoms with E-state index in [1.807, 2.05) is 62.4 Å². The molecule has 2 heterocycles. The molecule has 2 fully saturated rings.